The van der Waals surface area contributed by atoms with E-state index in [9.17, 15) is 0 Å². The second-order valence-corrected chi connectivity index (χ2v) is 4.62. The average molecular weight is 198 g/mol. The van der Waals surface area contributed by atoms with Crippen molar-refractivity contribution in [3.8, 4) is 0 Å². The summed E-state index contributed by atoms with van der Waals surface area (Å²) in [5.74, 6) is 0. The predicted octanol–water partition coefficient (Wildman–Crippen LogP) is 1.67. The molecule has 1 aromatic rings. The smallest absolute Gasteiger partial charge is 0.0508 e. The first-order valence-corrected chi connectivity index (χ1v) is 6.32. The Bertz CT molecular complexity index is 197. The van der Waals surface area contributed by atoms with E-state index in [1.807, 2.05) is 0 Å². The van der Waals surface area contributed by atoms with Gasteiger partial charge in [0.05, 0.1) is 7.11 Å². The Morgan fingerprint density at radius 3 is 2.50 bits per heavy atom. The first kappa shape index (κ1) is 9.83. The molecule has 0 N–H and O–H groups in total. The molecule has 0 aromatic heterocycles. The van der Waals surface area contributed by atoms with Crippen molar-refractivity contribution in [3.05, 3.63) is 29.8 Å². The van der Waals surface area contributed by atoms with Gasteiger partial charge >= 0.3 is 0 Å². The van der Waals surface area contributed by atoms with Crippen molar-refractivity contribution in [1.82, 2.24) is 0 Å². The first-order chi connectivity index (χ1) is 5.86. The molecule has 0 aliphatic rings. The highest BCUT2D eigenvalue weighted by Gasteiger charge is 1.93. The summed E-state index contributed by atoms with van der Waals surface area (Å²) in [7, 11) is 2.98. The minimum Gasteiger partial charge on any atom is -0.314 e. The van der Waals surface area contributed by atoms with Gasteiger partial charge in [-0.1, -0.05) is 18.2 Å². The summed E-state index contributed by atoms with van der Waals surface area (Å²) in [6.45, 7) is 0. The van der Waals surface area contributed by atoms with E-state index in [1.165, 1.54) is 45.2 Å². The number of aryl methyl sites for hydroxylation is 1. The molecule has 0 saturated heterocycles. The normalized spacial score (nSPS) is 10.4. The molecule has 0 atom stereocenters. The Balaban J connectivity index is 2.58. The van der Waals surface area contributed by atoms with Gasteiger partial charge in [-0.05, 0) is 24.1 Å². The molecule has 0 unspecified atom stereocenters. The molecule has 1 rings (SSSR count). The van der Waals surface area contributed by atoms with Crippen molar-refractivity contribution < 1.29 is 4.18 Å². The van der Waals surface area contributed by atoms with Gasteiger partial charge in [-0.3, -0.25) is 0 Å². The van der Waals surface area contributed by atoms with Gasteiger partial charge in [0, 0.05) is 27.2 Å². The minimum absolute atomic E-state index is 1.18. The van der Waals surface area contributed by atoms with Gasteiger partial charge in [0.1, 0.15) is 0 Å². The summed E-state index contributed by atoms with van der Waals surface area (Å²) < 4.78 is 4.95. The van der Waals surface area contributed by atoms with Crippen LogP contribution in [0.15, 0.2) is 29.2 Å². The fourth-order valence-corrected chi connectivity index (χ4v) is 2.11. The zero-order chi connectivity index (χ0) is 8.81. The Hall–Kier alpha value is -0.253. The third kappa shape index (κ3) is 3.01. The van der Waals surface area contributed by atoms with Crippen molar-refractivity contribution in [1.29, 1.82) is 0 Å². The van der Waals surface area contributed by atoms with E-state index in [-0.39, 0.29) is 0 Å². The number of hydrogen-bond acceptors (Lipinski definition) is 2. The van der Waals surface area contributed by atoms with Crippen LogP contribution in [0.3, 0.4) is 0 Å². The molecule has 3 heteroatoms. The van der Waals surface area contributed by atoms with Crippen LogP contribution in [0.4, 0.5) is 0 Å². The monoisotopic (exact) mass is 198 g/mol. The lowest BCUT2D eigenvalue weighted by atomic mass is 10.2. The van der Waals surface area contributed by atoms with Crippen LogP contribution in [0, 0.1) is 0 Å². The molecular formula is C9H14OSSi. The molecule has 66 valence electrons. The predicted molar refractivity (Wildman–Crippen MR) is 57.8 cm³/mol. The highest BCUT2D eigenvalue weighted by molar-refractivity contribution is 7.94. The van der Waals surface area contributed by atoms with Crippen LogP contribution in [0.1, 0.15) is 5.56 Å². The van der Waals surface area contributed by atoms with Crippen LogP contribution in [0.25, 0.3) is 0 Å². The Kier molecular flexibility index (Phi) is 4.43. The van der Waals surface area contributed by atoms with Gasteiger partial charge < -0.3 is 4.18 Å². The quantitative estimate of drug-likeness (QED) is 0.537. The molecule has 0 heterocycles. The minimum atomic E-state index is 1.18. The van der Waals surface area contributed by atoms with E-state index < -0.39 is 0 Å². The summed E-state index contributed by atoms with van der Waals surface area (Å²) in [6, 6.07) is 9.93. The van der Waals surface area contributed by atoms with Gasteiger partial charge in [-0.15, -0.1) is 0 Å². The van der Waals surface area contributed by atoms with Crippen molar-refractivity contribution in [3.63, 3.8) is 0 Å². The van der Waals surface area contributed by atoms with Gasteiger partial charge in [0.15, 0.2) is 0 Å². The van der Waals surface area contributed by atoms with Crippen LogP contribution in [-0.2, 0) is 10.6 Å². The third-order valence-electron chi connectivity index (χ3n) is 1.64. The van der Waals surface area contributed by atoms with Crippen LogP contribution < -0.4 is 0 Å². The Morgan fingerprint density at radius 2 is 2.00 bits per heavy atom. The van der Waals surface area contributed by atoms with Gasteiger partial charge in [0.25, 0.3) is 0 Å². The maximum absolute atomic E-state index is 4.95. The summed E-state index contributed by atoms with van der Waals surface area (Å²) >= 11 is 1.41. The fourth-order valence-electron chi connectivity index (χ4n) is 1.10. The second kappa shape index (κ2) is 5.40. The van der Waals surface area contributed by atoms with E-state index in [0.29, 0.717) is 0 Å². The number of benzene rings is 1. The molecule has 0 aliphatic heterocycles. The fraction of sp³-hybridized carbons (Fsp3) is 0.333. The number of hydrogen-bond donors (Lipinski definition) is 0. The highest BCUT2D eigenvalue weighted by Crippen LogP contribution is 2.18. The molecule has 1 aromatic carbocycles. The van der Waals surface area contributed by atoms with Gasteiger partial charge in [-0.2, -0.15) is 0 Å². The second-order valence-electron chi connectivity index (χ2n) is 2.64. The van der Waals surface area contributed by atoms with Gasteiger partial charge in [0.2, 0.25) is 0 Å². The molecule has 0 fully saturated rings. The van der Waals surface area contributed by atoms with Crippen LogP contribution >= 0.6 is 12.0 Å². The lowest BCUT2D eigenvalue weighted by Gasteiger charge is -2.00. The van der Waals surface area contributed by atoms with E-state index in [0.717, 1.165) is 0 Å². The molecule has 0 spiro atoms. The molecule has 0 aliphatic carbocycles. The number of rotatable bonds is 4. The van der Waals surface area contributed by atoms with Crippen molar-refractivity contribution >= 4 is 22.3 Å². The largest absolute Gasteiger partial charge is 0.314 e. The molecule has 0 radical (unpaired) electrons. The molecule has 0 saturated carbocycles. The summed E-state index contributed by atoms with van der Waals surface area (Å²) in [5, 5.41) is 0. The zero-order valence-electron chi connectivity index (χ0n) is 7.54. The summed E-state index contributed by atoms with van der Waals surface area (Å²) in [5.41, 5.74) is 1.44. The molecule has 0 bridgehead atoms. The highest BCUT2D eigenvalue weighted by atomic mass is 32.2. The molecule has 12 heavy (non-hydrogen) atoms. The van der Waals surface area contributed by atoms with Crippen molar-refractivity contribution in [2.45, 2.75) is 17.4 Å². The van der Waals surface area contributed by atoms with E-state index in [4.69, 9.17) is 4.18 Å². The Morgan fingerprint density at radius 1 is 1.33 bits per heavy atom. The maximum atomic E-state index is 4.95. The van der Waals surface area contributed by atoms with Crippen LogP contribution in [0.2, 0.25) is 6.04 Å². The van der Waals surface area contributed by atoms with E-state index in [1.54, 1.807) is 7.11 Å². The topological polar surface area (TPSA) is 9.23 Å². The van der Waals surface area contributed by atoms with Crippen molar-refractivity contribution in [2.75, 3.05) is 7.11 Å². The van der Waals surface area contributed by atoms with Crippen LogP contribution in [0.5, 0.6) is 0 Å². The molecule has 0 amide bonds. The summed E-state index contributed by atoms with van der Waals surface area (Å²) in [6.07, 6.45) is 1.23. The standard InChI is InChI=1S/C9H14OSSi/c1-10-11-9-4-2-8(3-5-9)6-7-12/h2-5H,6-7H2,1,12H3. The zero-order valence-corrected chi connectivity index (χ0v) is 10.4. The first-order valence-electron chi connectivity index (χ1n) is 4.16. The third-order valence-corrected chi connectivity index (χ3v) is 2.77. The summed E-state index contributed by atoms with van der Waals surface area (Å²) in [4.78, 5) is 1.18. The Labute approximate surface area is 81.1 Å². The van der Waals surface area contributed by atoms with E-state index >= 15 is 0 Å². The van der Waals surface area contributed by atoms with Gasteiger partial charge in [-0.25, -0.2) is 0 Å². The average Bonchev–Trinajstić information content (AvgIpc) is 2.09. The lowest BCUT2D eigenvalue weighted by Crippen LogP contribution is -1.83. The van der Waals surface area contributed by atoms with Crippen molar-refractivity contribution in [2.24, 2.45) is 0 Å². The lowest BCUT2D eigenvalue weighted by molar-refractivity contribution is 0.490. The van der Waals surface area contributed by atoms with Crippen LogP contribution in [-0.4, -0.2) is 17.4 Å². The molecule has 1 nitrogen and oxygen atoms in total. The maximum Gasteiger partial charge on any atom is 0.0508 e. The molecular weight excluding hydrogens is 184 g/mol. The van der Waals surface area contributed by atoms with E-state index in [2.05, 4.69) is 24.3 Å². The SMILES string of the molecule is COSc1ccc(CC[SiH3])cc1.